The van der Waals surface area contributed by atoms with E-state index in [1.807, 2.05) is 0 Å². The zero-order valence-corrected chi connectivity index (χ0v) is 12.8. The van der Waals surface area contributed by atoms with Crippen LogP contribution in [0.2, 0.25) is 0 Å². The molecular weight excluding hydrogens is 258 g/mol. The molecule has 0 aromatic heterocycles. The summed E-state index contributed by atoms with van der Waals surface area (Å²) in [6.45, 7) is 6.89. The molecule has 106 valence electrons. The third kappa shape index (κ3) is 7.22. The molecule has 0 spiro atoms. The molecule has 1 atom stereocenters. The van der Waals surface area contributed by atoms with Crippen LogP contribution in [-0.2, 0) is 11.2 Å². The van der Waals surface area contributed by atoms with Crippen LogP contribution in [0.3, 0.4) is 0 Å². The normalized spacial score (nSPS) is 12.5. The van der Waals surface area contributed by atoms with Gasteiger partial charge in [-0.2, -0.15) is 0 Å². The molecule has 1 aromatic rings. The molecule has 1 rings (SSSR count). The molecule has 0 aliphatic rings. The lowest BCUT2D eigenvalue weighted by Gasteiger charge is -2.13. The minimum atomic E-state index is 0.0309. The fourth-order valence-corrected chi connectivity index (χ4v) is 2.35. The Hall–Kier alpha value is -1.02. The Morgan fingerprint density at radius 3 is 2.47 bits per heavy atom. The maximum Gasteiger partial charge on any atom is 0.220 e. The topological polar surface area (TPSA) is 29.1 Å². The van der Waals surface area contributed by atoms with Crippen molar-refractivity contribution in [3.05, 3.63) is 35.4 Å². The first-order valence-electron chi connectivity index (χ1n) is 6.93. The van der Waals surface area contributed by atoms with Gasteiger partial charge >= 0.3 is 0 Å². The number of nitrogens with one attached hydrogen (secondary N) is 1. The summed E-state index contributed by atoms with van der Waals surface area (Å²) in [5, 5.41) is 2.93. The molecule has 2 nitrogen and oxygen atoms in total. The minimum Gasteiger partial charge on any atom is -0.355 e. The molecular formula is C16H24ClNO. The molecule has 3 heteroatoms. The Morgan fingerprint density at radius 2 is 1.89 bits per heavy atom. The van der Waals surface area contributed by atoms with Gasteiger partial charge < -0.3 is 5.32 Å². The van der Waals surface area contributed by atoms with E-state index in [9.17, 15) is 4.79 Å². The molecule has 0 aliphatic heterocycles. The van der Waals surface area contributed by atoms with Crippen molar-refractivity contribution in [2.75, 3.05) is 6.54 Å². The van der Waals surface area contributed by atoms with Crippen molar-refractivity contribution in [2.24, 2.45) is 5.92 Å². The second-order valence-electron chi connectivity index (χ2n) is 5.52. The Morgan fingerprint density at radius 1 is 1.26 bits per heavy atom. The van der Waals surface area contributed by atoms with Crippen LogP contribution in [0, 0.1) is 12.8 Å². The van der Waals surface area contributed by atoms with Crippen LogP contribution < -0.4 is 5.32 Å². The van der Waals surface area contributed by atoms with E-state index in [0.717, 1.165) is 12.8 Å². The summed E-state index contributed by atoms with van der Waals surface area (Å²) in [7, 11) is 0. The maximum atomic E-state index is 11.7. The van der Waals surface area contributed by atoms with Gasteiger partial charge in [0.15, 0.2) is 0 Å². The molecule has 19 heavy (non-hydrogen) atoms. The minimum absolute atomic E-state index is 0.0309. The Balaban J connectivity index is 2.22. The van der Waals surface area contributed by atoms with Gasteiger partial charge in [-0.3, -0.25) is 4.79 Å². The van der Waals surface area contributed by atoms with Crippen molar-refractivity contribution in [1.29, 1.82) is 0 Å². The number of halogens is 1. The van der Waals surface area contributed by atoms with Crippen molar-refractivity contribution < 1.29 is 4.79 Å². The number of carbonyl (C=O) groups excluding carboxylic acids is 1. The highest BCUT2D eigenvalue weighted by Crippen LogP contribution is 2.10. The molecule has 0 fully saturated rings. The van der Waals surface area contributed by atoms with E-state index in [1.54, 1.807) is 0 Å². The highest BCUT2D eigenvalue weighted by atomic mass is 35.5. The van der Waals surface area contributed by atoms with Gasteiger partial charge in [0, 0.05) is 13.0 Å². The van der Waals surface area contributed by atoms with Gasteiger partial charge in [0.2, 0.25) is 5.91 Å². The van der Waals surface area contributed by atoms with E-state index in [2.05, 4.69) is 50.4 Å². The number of alkyl halides is 1. The lowest BCUT2D eigenvalue weighted by Crippen LogP contribution is -2.30. The van der Waals surface area contributed by atoms with E-state index < -0.39 is 0 Å². The molecule has 0 heterocycles. The first kappa shape index (κ1) is 16.0. The van der Waals surface area contributed by atoms with Crippen LogP contribution in [0.1, 0.15) is 37.8 Å². The lowest BCUT2D eigenvalue weighted by molar-refractivity contribution is -0.121. The average Bonchev–Trinajstić information content (AvgIpc) is 2.35. The second-order valence-corrected chi connectivity index (χ2v) is 6.13. The fourth-order valence-electron chi connectivity index (χ4n) is 1.92. The molecule has 0 aliphatic carbocycles. The van der Waals surface area contributed by atoms with E-state index in [0.29, 0.717) is 18.9 Å². The summed E-state index contributed by atoms with van der Waals surface area (Å²) in [6.07, 6.45) is 2.23. The van der Waals surface area contributed by atoms with Crippen molar-refractivity contribution in [1.82, 2.24) is 5.32 Å². The molecule has 0 bridgehead atoms. The Bertz CT molecular complexity index is 386. The third-order valence-electron chi connectivity index (χ3n) is 3.01. The third-order valence-corrected chi connectivity index (χ3v) is 3.34. The van der Waals surface area contributed by atoms with Gasteiger partial charge in [-0.25, -0.2) is 0 Å². The molecule has 0 radical (unpaired) electrons. The van der Waals surface area contributed by atoms with E-state index in [4.69, 9.17) is 11.6 Å². The zero-order chi connectivity index (χ0) is 14.3. The predicted octanol–water partition coefficient (Wildman–Crippen LogP) is 3.70. The fraction of sp³-hybridized carbons (Fsp3) is 0.562. The number of aryl methyl sites for hydroxylation is 2. The predicted molar refractivity (Wildman–Crippen MR) is 81.6 cm³/mol. The monoisotopic (exact) mass is 281 g/mol. The number of carbonyl (C=O) groups is 1. The first-order chi connectivity index (χ1) is 8.97. The van der Waals surface area contributed by atoms with Gasteiger partial charge in [-0.1, -0.05) is 43.7 Å². The van der Waals surface area contributed by atoms with Crippen molar-refractivity contribution in [3.63, 3.8) is 0 Å². The average molecular weight is 282 g/mol. The van der Waals surface area contributed by atoms with Crippen LogP contribution >= 0.6 is 11.6 Å². The maximum absolute atomic E-state index is 11.7. The summed E-state index contributed by atoms with van der Waals surface area (Å²) in [5.41, 5.74) is 2.44. The zero-order valence-electron chi connectivity index (χ0n) is 12.1. The van der Waals surface area contributed by atoms with Gasteiger partial charge in [-0.05, 0) is 31.2 Å². The quantitative estimate of drug-likeness (QED) is 0.759. The number of rotatable bonds is 7. The number of hydrogen-bond acceptors (Lipinski definition) is 1. The van der Waals surface area contributed by atoms with Crippen LogP contribution in [0.25, 0.3) is 0 Å². The molecule has 0 saturated carbocycles. The Labute approximate surface area is 121 Å². The van der Waals surface area contributed by atoms with Crippen LogP contribution in [-0.4, -0.2) is 17.8 Å². The molecule has 1 aromatic carbocycles. The van der Waals surface area contributed by atoms with E-state index in [-0.39, 0.29) is 11.3 Å². The molecule has 1 amide bonds. The standard InChI is InChI=1S/C16H24ClNO/c1-12(2)10-15(17)11-18-16(19)9-8-14-6-4-13(3)5-7-14/h4-7,12,15H,8-11H2,1-3H3,(H,18,19). The van der Waals surface area contributed by atoms with Crippen molar-refractivity contribution in [3.8, 4) is 0 Å². The largest absolute Gasteiger partial charge is 0.355 e. The van der Waals surface area contributed by atoms with Crippen LogP contribution in [0.5, 0.6) is 0 Å². The van der Waals surface area contributed by atoms with Crippen LogP contribution in [0.4, 0.5) is 0 Å². The van der Waals surface area contributed by atoms with E-state index in [1.165, 1.54) is 11.1 Å². The highest BCUT2D eigenvalue weighted by molar-refractivity contribution is 6.20. The van der Waals surface area contributed by atoms with E-state index >= 15 is 0 Å². The molecule has 0 saturated heterocycles. The summed E-state index contributed by atoms with van der Waals surface area (Å²) >= 11 is 6.14. The number of benzene rings is 1. The van der Waals surface area contributed by atoms with Gasteiger partial charge in [0.25, 0.3) is 0 Å². The van der Waals surface area contributed by atoms with Gasteiger partial charge in [0.05, 0.1) is 5.38 Å². The lowest BCUT2D eigenvalue weighted by atomic mass is 10.1. The summed E-state index contributed by atoms with van der Waals surface area (Å²) in [5.74, 6) is 0.641. The number of hydrogen-bond donors (Lipinski definition) is 1. The first-order valence-corrected chi connectivity index (χ1v) is 7.37. The van der Waals surface area contributed by atoms with Gasteiger partial charge in [0.1, 0.15) is 0 Å². The second kappa shape index (κ2) is 8.21. The summed E-state index contributed by atoms with van der Waals surface area (Å²) < 4.78 is 0. The number of amides is 1. The highest BCUT2D eigenvalue weighted by Gasteiger charge is 2.09. The van der Waals surface area contributed by atoms with Crippen LogP contribution in [0.15, 0.2) is 24.3 Å². The summed E-state index contributed by atoms with van der Waals surface area (Å²) in [6, 6.07) is 8.30. The molecule has 1 unspecified atom stereocenters. The summed E-state index contributed by atoms with van der Waals surface area (Å²) in [4.78, 5) is 11.7. The smallest absolute Gasteiger partial charge is 0.220 e. The van der Waals surface area contributed by atoms with Crippen molar-refractivity contribution in [2.45, 2.75) is 45.4 Å². The Kier molecular flexibility index (Phi) is 6.93. The van der Waals surface area contributed by atoms with Crippen molar-refractivity contribution >= 4 is 17.5 Å². The van der Waals surface area contributed by atoms with Gasteiger partial charge in [-0.15, -0.1) is 11.6 Å². The SMILES string of the molecule is Cc1ccc(CCC(=O)NCC(Cl)CC(C)C)cc1. The molecule has 1 N–H and O–H groups in total.